The molecule has 0 unspecified atom stereocenters. The van der Waals surface area contributed by atoms with E-state index >= 15 is 0 Å². The number of amides is 1. The van der Waals surface area contributed by atoms with Gasteiger partial charge in [0.25, 0.3) is 0 Å². The molecular weight excluding hydrogens is 298 g/mol. The lowest BCUT2D eigenvalue weighted by Crippen LogP contribution is -2.29. The van der Waals surface area contributed by atoms with E-state index in [0.29, 0.717) is 0 Å². The van der Waals surface area contributed by atoms with Gasteiger partial charge in [-0.25, -0.2) is 17.9 Å². The van der Waals surface area contributed by atoms with E-state index in [9.17, 15) is 18.0 Å². The van der Waals surface area contributed by atoms with E-state index in [4.69, 9.17) is 5.73 Å². The Labute approximate surface area is 122 Å². The molecule has 8 nitrogen and oxygen atoms in total. The molecule has 0 fully saturated rings. The molecule has 4 N–H and O–H groups in total. The molecule has 0 saturated heterocycles. The van der Waals surface area contributed by atoms with E-state index in [1.165, 1.54) is 32.4 Å². The first-order valence-corrected chi connectivity index (χ1v) is 7.48. The molecule has 1 rings (SSSR count). The van der Waals surface area contributed by atoms with Crippen molar-refractivity contribution in [1.29, 1.82) is 0 Å². The van der Waals surface area contributed by atoms with Crippen molar-refractivity contribution in [3.05, 3.63) is 23.8 Å². The van der Waals surface area contributed by atoms with Crippen LogP contribution in [0.1, 0.15) is 16.8 Å². The molecule has 0 bridgehead atoms. The van der Waals surface area contributed by atoms with Crippen LogP contribution in [0, 0.1) is 0 Å². The quantitative estimate of drug-likeness (QED) is 0.478. The fourth-order valence-electron chi connectivity index (χ4n) is 1.54. The van der Waals surface area contributed by atoms with E-state index in [2.05, 4.69) is 14.8 Å². The maximum absolute atomic E-state index is 12.0. The molecule has 0 aliphatic rings. The Hall–Kier alpha value is -2.13. The van der Waals surface area contributed by atoms with Crippen molar-refractivity contribution in [3.63, 3.8) is 0 Å². The molecule has 0 aromatic heterocycles. The normalized spacial score (nSPS) is 11.0. The van der Waals surface area contributed by atoms with Crippen molar-refractivity contribution in [2.45, 2.75) is 11.3 Å². The molecule has 0 atom stereocenters. The van der Waals surface area contributed by atoms with Crippen molar-refractivity contribution < 1.29 is 22.7 Å². The summed E-state index contributed by atoms with van der Waals surface area (Å²) in [5.74, 6) is -0.898. The number of ether oxygens (including phenoxy) is 1. The van der Waals surface area contributed by atoms with Gasteiger partial charge < -0.3 is 15.8 Å². The average Bonchev–Trinajstić information content (AvgIpc) is 2.45. The van der Waals surface area contributed by atoms with E-state index in [1.54, 1.807) is 0 Å². The number of hydrogen-bond acceptors (Lipinski definition) is 6. The molecule has 0 spiro atoms. The Morgan fingerprint density at radius 1 is 1.33 bits per heavy atom. The number of hydrogen-bond donors (Lipinski definition) is 3. The van der Waals surface area contributed by atoms with Crippen molar-refractivity contribution in [2.24, 2.45) is 0 Å². The third kappa shape index (κ3) is 4.43. The van der Waals surface area contributed by atoms with Crippen LogP contribution in [-0.2, 0) is 19.6 Å². The number of benzene rings is 1. The largest absolute Gasteiger partial charge is 0.465 e. The lowest BCUT2D eigenvalue weighted by atomic mass is 10.2. The molecule has 1 aromatic rings. The number of carbonyl (C=O) groups is 2. The summed E-state index contributed by atoms with van der Waals surface area (Å²) in [5.41, 5.74) is 5.73. The zero-order chi connectivity index (χ0) is 16.0. The number of sulfonamides is 1. The minimum atomic E-state index is -3.85. The molecule has 0 saturated carbocycles. The summed E-state index contributed by atoms with van der Waals surface area (Å²) in [7, 11) is -1.18. The third-order valence-electron chi connectivity index (χ3n) is 2.64. The first kappa shape index (κ1) is 16.9. The summed E-state index contributed by atoms with van der Waals surface area (Å²) in [5, 5.41) is 2.38. The van der Waals surface area contributed by atoms with Gasteiger partial charge in [0.15, 0.2) is 0 Å². The lowest BCUT2D eigenvalue weighted by Gasteiger charge is -2.10. The number of methoxy groups -OCH3 is 1. The van der Waals surface area contributed by atoms with Gasteiger partial charge in [-0.15, -0.1) is 0 Å². The highest BCUT2D eigenvalue weighted by atomic mass is 32.2. The highest BCUT2D eigenvalue weighted by molar-refractivity contribution is 7.89. The molecule has 0 aliphatic carbocycles. The van der Waals surface area contributed by atoms with Crippen LogP contribution in [0.15, 0.2) is 23.1 Å². The molecule has 1 aromatic carbocycles. The first-order chi connectivity index (χ1) is 9.81. The topological polar surface area (TPSA) is 128 Å². The Bertz CT molecular complexity index is 642. The van der Waals surface area contributed by atoms with Gasteiger partial charge in [-0.1, -0.05) is 0 Å². The Balaban J connectivity index is 2.89. The lowest BCUT2D eigenvalue weighted by molar-refractivity contribution is -0.120. The van der Waals surface area contributed by atoms with Gasteiger partial charge in [-0.05, 0) is 18.2 Å². The Morgan fingerprint density at radius 3 is 2.52 bits per heavy atom. The van der Waals surface area contributed by atoms with Crippen molar-refractivity contribution in [3.8, 4) is 0 Å². The monoisotopic (exact) mass is 315 g/mol. The van der Waals surface area contributed by atoms with Crippen molar-refractivity contribution in [2.75, 3.05) is 26.4 Å². The SMILES string of the molecule is CNC(=O)CCNS(=O)(=O)c1ccc(C(=O)OC)cc1N. The predicted octanol–water partition coefficient (Wildman–Crippen LogP) is -0.530. The van der Waals surface area contributed by atoms with E-state index in [-0.39, 0.29) is 35.0 Å². The number of rotatable bonds is 6. The van der Waals surface area contributed by atoms with Gasteiger partial charge in [-0.2, -0.15) is 0 Å². The van der Waals surface area contributed by atoms with Gasteiger partial charge in [0.2, 0.25) is 15.9 Å². The van der Waals surface area contributed by atoms with Crippen LogP contribution < -0.4 is 15.8 Å². The fourth-order valence-corrected chi connectivity index (χ4v) is 2.68. The number of anilines is 1. The molecule has 116 valence electrons. The molecule has 0 radical (unpaired) electrons. The Morgan fingerprint density at radius 2 is 2.00 bits per heavy atom. The van der Waals surface area contributed by atoms with E-state index in [0.717, 1.165) is 0 Å². The second kappa shape index (κ2) is 7.04. The van der Waals surface area contributed by atoms with Gasteiger partial charge in [0, 0.05) is 20.0 Å². The van der Waals surface area contributed by atoms with Crippen LogP contribution >= 0.6 is 0 Å². The predicted molar refractivity (Wildman–Crippen MR) is 76.1 cm³/mol. The average molecular weight is 315 g/mol. The van der Waals surface area contributed by atoms with Gasteiger partial charge in [0.1, 0.15) is 4.90 Å². The van der Waals surface area contributed by atoms with E-state index < -0.39 is 16.0 Å². The van der Waals surface area contributed by atoms with Crippen LogP contribution in [0.2, 0.25) is 0 Å². The van der Waals surface area contributed by atoms with Crippen LogP contribution in [0.4, 0.5) is 5.69 Å². The highest BCUT2D eigenvalue weighted by Gasteiger charge is 2.19. The van der Waals surface area contributed by atoms with Crippen LogP contribution in [-0.4, -0.2) is 41.0 Å². The summed E-state index contributed by atoms with van der Waals surface area (Å²) in [4.78, 5) is 22.2. The van der Waals surface area contributed by atoms with Gasteiger partial charge in [-0.3, -0.25) is 4.79 Å². The van der Waals surface area contributed by atoms with Crippen LogP contribution in [0.5, 0.6) is 0 Å². The second-order valence-corrected chi connectivity index (χ2v) is 5.80. The standard InChI is InChI=1S/C12H17N3O5S/c1-14-11(16)5-6-15-21(18,19)10-4-3-8(7-9(10)13)12(17)20-2/h3-4,7,15H,5-6,13H2,1-2H3,(H,14,16). The minimum absolute atomic E-state index is 0.00980. The van der Waals surface area contributed by atoms with Crippen LogP contribution in [0.25, 0.3) is 0 Å². The summed E-state index contributed by atoms with van der Waals surface area (Å²) >= 11 is 0. The molecule has 0 aliphatic heterocycles. The molecule has 9 heteroatoms. The number of carbonyl (C=O) groups excluding carboxylic acids is 2. The summed E-state index contributed by atoms with van der Waals surface area (Å²) in [6, 6.07) is 3.73. The molecular formula is C12H17N3O5S. The van der Waals surface area contributed by atoms with E-state index in [1.807, 2.05) is 0 Å². The van der Waals surface area contributed by atoms with Crippen molar-refractivity contribution >= 4 is 27.6 Å². The number of nitrogens with two attached hydrogens (primary N) is 1. The van der Waals surface area contributed by atoms with Crippen molar-refractivity contribution in [1.82, 2.24) is 10.0 Å². The first-order valence-electron chi connectivity index (χ1n) is 6.00. The smallest absolute Gasteiger partial charge is 0.337 e. The molecule has 0 heterocycles. The minimum Gasteiger partial charge on any atom is -0.465 e. The molecule has 1 amide bonds. The third-order valence-corrected chi connectivity index (χ3v) is 4.18. The zero-order valence-electron chi connectivity index (χ0n) is 11.7. The van der Waals surface area contributed by atoms with Gasteiger partial charge in [0.05, 0.1) is 18.4 Å². The summed E-state index contributed by atoms with van der Waals surface area (Å²) in [6.45, 7) is -0.0554. The summed E-state index contributed by atoms with van der Waals surface area (Å²) in [6.07, 6.45) is 0.00980. The summed E-state index contributed by atoms with van der Waals surface area (Å²) < 4.78 is 30.8. The zero-order valence-corrected chi connectivity index (χ0v) is 12.5. The highest BCUT2D eigenvalue weighted by Crippen LogP contribution is 2.20. The second-order valence-electron chi connectivity index (χ2n) is 4.07. The number of nitrogen functional groups attached to an aromatic ring is 1. The van der Waals surface area contributed by atoms with Crippen LogP contribution in [0.3, 0.4) is 0 Å². The maximum atomic E-state index is 12.0. The fraction of sp³-hybridized carbons (Fsp3) is 0.333. The maximum Gasteiger partial charge on any atom is 0.337 e. The number of esters is 1. The van der Waals surface area contributed by atoms with Gasteiger partial charge >= 0.3 is 5.97 Å². The molecule has 21 heavy (non-hydrogen) atoms. The number of nitrogens with one attached hydrogen (secondary N) is 2. The Kier molecular flexibility index (Phi) is 5.68.